The maximum absolute atomic E-state index is 12.6. The highest BCUT2D eigenvalue weighted by Gasteiger charge is 2.17. The van der Waals surface area contributed by atoms with Crippen LogP contribution >= 0.6 is 0 Å². The topological polar surface area (TPSA) is 73.5 Å². The summed E-state index contributed by atoms with van der Waals surface area (Å²) in [4.78, 5) is 23.1. The number of amides is 1. The summed E-state index contributed by atoms with van der Waals surface area (Å²) in [5.74, 6) is 0.703. The van der Waals surface area contributed by atoms with Gasteiger partial charge in [-0.1, -0.05) is 18.2 Å². The van der Waals surface area contributed by atoms with Gasteiger partial charge in [0.05, 0.1) is 37.3 Å². The van der Waals surface area contributed by atoms with E-state index in [9.17, 15) is 4.79 Å². The Balaban J connectivity index is 1.48. The highest BCUT2D eigenvalue weighted by Crippen LogP contribution is 2.23. The Morgan fingerprint density at radius 3 is 2.78 bits per heavy atom. The van der Waals surface area contributed by atoms with Crippen LogP contribution in [0.2, 0.25) is 0 Å². The van der Waals surface area contributed by atoms with Crippen LogP contribution in [-0.4, -0.2) is 59.8 Å². The molecule has 0 bridgehead atoms. The van der Waals surface area contributed by atoms with Crippen molar-refractivity contribution in [2.75, 3.05) is 39.4 Å². The Kier molecular flexibility index (Phi) is 5.41. The lowest BCUT2D eigenvalue weighted by molar-refractivity contribution is -0.906. The zero-order chi connectivity index (χ0) is 18.5. The number of fused-ring (bicyclic) bond motifs is 1. The van der Waals surface area contributed by atoms with E-state index < -0.39 is 0 Å². The summed E-state index contributed by atoms with van der Waals surface area (Å²) in [6.45, 7) is 5.44. The highest BCUT2D eigenvalue weighted by molar-refractivity contribution is 5.84. The normalized spacial score (nSPS) is 15.1. The Hall–Kier alpha value is -2.77. The van der Waals surface area contributed by atoms with Gasteiger partial charge in [-0.2, -0.15) is 0 Å². The number of carbonyl (C=O) groups excluding carboxylic acids is 1. The third-order valence-corrected chi connectivity index (χ3v) is 4.85. The van der Waals surface area contributed by atoms with Crippen molar-refractivity contribution in [1.29, 1.82) is 0 Å². The van der Waals surface area contributed by atoms with Crippen molar-refractivity contribution in [2.24, 2.45) is 0 Å². The van der Waals surface area contributed by atoms with Gasteiger partial charge in [0.1, 0.15) is 25.3 Å². The Morgan fingerprint density at radius 2 is 1.96 bits per heavy atom. The van der Waals surface area contributed by atoms with Gasteiger partial charge in [-0.3, -0.25) is 9.78 Å². The minimum absolute atomic E-state index is 0.0111. The standard InChI is InChI=1S/C20H23N5O2/c26-19(22-9-10-24-11-13-27-14-12-24)15-25-18-7-2-1-5-16(18)23-20(25)17-6-3-4-8-21-17/h1-8H,9-15H2,(H,22,26)/p+1. The molecule has 0 unspecified atom stereocenters. The first-order valence-corrected chi connectivity index (χ1v) is 9.36. The predicted octanol–water partition coefficient (Wildman–Crippen LogP) is 0.130. The molecular weight excluding hydrogens is 342 g/mol. The number of benzene rings is 1. The number of nitrogens with one attached hydrogen (secondary N) is 2. The molecule has 0 saturated carbocycles. The minimum atomic E-state index is -0.0111. The minimum Gasteiger partial charge on any atom is -0.370 e. The molecule has 0 aliphatic carbocycles. The number of carbonyl (C=O) groups is 1. The van der Waals surface area contributed by atoms with Gasteiger partial charge in [0.2, 0.25) is 5.91 Å². The molecule has 1 aromatic carbocycles. The summed E-state index contributed by atoms with van der Waals surface area (Å²) in [6, 6.07) is 13.6. The van der Waals surface area contributed by atoms with Crippen LogP contribution in [0.3, 0.4) is 0 Å². The van der Waals surface area contributed by atoms with Gasteiger partial charge in [0, 0.05) is 6.20 Å². The van der Waals surface area contributed by atoms with Gasteiger partial charge in [-0.25, -0.2) is 4.98 Å². The molecule has 0 spiro atoms. The maximum Gasteiger partial charge on any atom is 0.240 e. The summed E-state index contributed by atoms with van der Waals surface area (Å²) >= 11 is 0. The number of imidazole rings is 1. The first-order valence-electron chi connectivity index (χ1n) is 9.36. The van der Waals surface area contributed by atoms with Crippen LogP contribution in [0.4, 0.5) is 0 Å². The van der Waals surface area contributed by atoms with E-state index in [2.05, 4.69) is 10.3 Å². The van der Waals surface area contributed by atoms with Crippen molar-refractivity contribution in [3.63, 3.8) is 0 Å². The molecule has 7 nitrogen and oxygen atoms in total. The van der Waals surface area contributed by atoms with Crippen LogP contribution in [-0.2, 0) is 16.1 Å². The van der Waals surface area contributed by atoms with Crippen LogP contribution in [0.5, 0.6) is 0 Å². The molecule has 0 atom stereocenters. The number of para-hydroxylation sites is 2. The summed E-state index contributed by atoms with van der Waals surface area (Å²) in [7, 11) is 0. The zero-order valence-corrected chi connectivity index (χ0v) is 15.2. The lowest BCUT2D eigenvalue weighted by Gasteiger charge is -2.23. The van der Waals surface area contributed by atoms with Gasteiger partial charge in [0.15, 0.2) is 5.82 Å². The van der Waals surface area contributed by atoms with E-state index in [1.807, 2.05) is 47.0 Å². The number of nitrogens with zero attached hydrogens (tertiary/aromatic N) is 3. The number of ether oxygens (including phenoxy) is 1. The lowest BCUT2D eigenvalue weighted by atomic mass is 10.3. The van der Waals surface area contributed by atoms with E-state index in [1.165, 1.54) is 4.90 Å². The second kappa shape index (κ2) is 8.28. The Morgan fingerprint density at radius 1 is 1.15 bits per heavy atom. The number of quaternary nitrogens is 1. The first kappa shape index (κ1) is 17.6. The van der Waals surface area contributed by atoms with Crippen LogP contribution < -0.4 is 10.2 Å². The summed E-state index contributed by atoms with van der Waals surface area (Å²) in [6.07, 6.45) is 1.74. The fourth-order valence-electron chi connectivity index (χ4n) is 3.41. The van der Waals surface area contributed by atoms with Gasteiger partial charge < -0.3 is 19.5 Å². The predicted molar refractivity (Wildman–Crippen MR) is 102 cm³/mol. The Bertz CT molecular complexity index is 903. The van der Waals surface area contributed by atoms with Gasteiger partial charge >= 0.3 is 0 Å². The molecule has 7 heteroatoms. The number of hydrogen-bond acceptors (Lipinski definition) is 4. The maximum atomic E-state index is 12.6. The van der Waals surface area contributed by atoms with E-state index in [0.717, 1.165) is 49.6 Å². The molecule has 27 heavy (non-hydrogen) atoms. The molecule has 2 N–H and O–H groups in total. The van der Waals surface area contributed by atoms with Crippen LogP contribution in [0.15, 0.2) is 48.7 Å². The largest absolute Gasteiger partial charge is 0.370 e. The number of rotatable bonds is 6. The summed E-state index contributed by atoms with van der Waals surface area (Å²) < 4.78 is 7.31. The molecular formula is C20H24N5O2+. The molecule has 1 aliphatic rings. The van der Waals surface area contributed by atoms with E-state index >= 15 is 0 Å². The SMILES string of the molecule is O=C(Cn1c(-c2ccccn2)nc2ccccc21)NCC[NH+]1CCOCC1. The Labute approximate surface area is 158 Å². The highest BCUT2D eigenvalue weighted by atomic mass is 16.5. The lowest BCUT2D eigenvalue weighted by Crippen LogP contribution is -3.14. The molecule has 1 fully saturated rings. The quantitative estimate of drug-likeness (QED) is 0.650. The molecule has 3 heterocycles. The fraction of sp³-hybridized carbons (Fsp3) is 0.350. The van der Waals surface area contributed by atoms with Gasteiger partial charge in [0.25, 0.3) is 0 Å². The first-order chi connectivity index (χ1) is 13.3. The van der Waals surface area contributed by atoms with E-state index in [-0.39, 0.29) is 12.5 Å². The number of morpholine rings is 1. The van der Waals surface area contributed by atoms with Gasteiger partial charge in [-0.15, -0.1) is 0 Å². The van der Waals surface area contributed by atoms with E-state index in [0.29, 0.717) is 12.4 Å². The molecule has 1 saturated heterocycles. The number of aromatic nitrogens is 3. The smallest absolute Gasteiger partial charge is 0.240 e. The molecule has 0 radical (unpaired) electrons. The van der Waals surface area contributed by atoms with Crippen molar-refractivity contribution in [1.82, 2.24) is 19.9 Å². The van der Waals surface area contributed by atoms with Crippen LogP contribution in [0.25, 0.3) is 22.6 Å². The van der Waals surface area contributed by atoms with Crippen molar-refractivity contribution in [3.8, 4) is 11.5 Å². The molecule has 140 valence electrons. The van der Waals surface area contributed by atoms with Crippen molar-refractivity contribution in [2.45, 2.75) is 6.54 Å². The molecule has 1 aliphatic heterocycles. The summed E-state index contributed by atoms with van der Waals surface area (Å²) in [5, 5.41) is 3.04. The number of hydrogen-bond donors (Lipinski definition) is 2. The molecule has 3 aromatic rings. The van der Waals surface area contributed by atoms with Gasteiger partial charge in [-0.05, 0) is 24.3 Å². The molecule has 2 aromatic heterocycles. The number of pyridine rings is 1. The van der Waals surface area contributed by atoms with Crippen LogP contribution in [0.1, 0.15) is 0 Å². The van der Waals surface area contributed by atoms with E-state index in [4.69, 9.17) is 9.72 Å². The second-order valence-electron chi connectivity index (χ2n) is 6.69. The molecule has 1 amide bonds. The van der Waals surface area contributed by atoms with E-state index in [1.54, 1.807) is 6.20 Å². The summed E-state index contributed by atoms with van der Waals surface area (Å²) in [5.41, 5.74) is 2.56. The third-order valence-electron chi connectivity index (χ3n) is 4.85. The average molecular weight is 366 g/mol. The fourth-order valence-corrected chi connectivity index (χ4v) is 3.41. The van der Waals surface area contributed by atoms with Crippen molar-refractivity contribution in [3.05, 3.63) is 48.7 Å². The van der Waals surface area contributed by atoms with Crippen molar-refractivity contribution >= 4 is 16.9 Å². The molecule has 4 rings (SSSR count). The average Bonchev–Trinajstić information content (AvgIpc) is 3.08. The second-order valence-corrected chi connectivity index (χ2v) is 6.69. The van der Waals surface area contributed by atoms with Crippen LogP contribution in [0, 0.1) is 0 Å². The third kappa shape index (κ3) is 4.15. The monoisotopic (exact) mass is 366 g/mol. The zero-order valence-electron chi connectivity index (χ0n) is 15.2. The van der Waals surface area contributed by atoms with Crippen molar-refractivity contribution < 1.29 is 14.4 Å².